The van der Waals surface area contributed by atoms with Crippen LogP contribution >= 0.6 is 23.8 Å². The van der Waals surface area contributed by atoms with Crippen LogP contribution < -0.4 is 10.6 Å². The van der Waals surface area contributed by atoms with E-state index in [1.54, 1.807) is 6.20 Å². The van der Waals surface area contributed by atoms with Crippen molar-refractivity contribution < 1.29 is 0 Å². The summed E-state index contributed by atoms with van der Waals surface area (Å²) in [4.78, 5) is 0. The molecule has 2 aromatic heterocycles. The third kappa shape index (κ3) is 4.58. The van der Waals surface area contributed by atoms with E-state index < -0.39 is 0 Å². The summed E-state index contributed by atoms with van der Waals surface area (Å²) in [6, 6.07) is 9.75. The molecule has 25 heavy (non-hydrogen) atoms. The van der Waals surface area contributed by atoms with Gasteiger partial charge in [0.25, 0.3) is 0 Å². The molecule has 0 radical (unpaired) electrons. The van der Waals surface area contributed by atoms with Gasteiger partial charge in [-0.15, -0.1) is 0 Å². The summed E-state index contributed by atoms with van der Waals surface area (Å²) in [7, 11) is 1.92. The molecule has 6 nitrogen and oxygen atoms in total. The zero-order valence-corrected chi connectivity index (χ0v) is 15.6. The number of rotatable bonds is 5. The number of hydrogen-bond donors (Lipinski definition) is 2. The molecule has 0 aliphatic heterocycles. The average molecular weight is 375 g/mol. The van der Waals surface area contributed by atoms with Crippen LogP contribution in [0.3, 0.4) is 0 Å². The van der Waals surface area contributed by atoms with E-state index in [9.17, 15) is 0 Å². The molecular formula is C17H19ClN6S. The van der Waals surface area contributed by atoms with Crippen LogP contribution in [0, 0.1) is 6.92 Å². The first-order valence-electron chi connectivity index (χ1n) is 7.81. The molecule has 0 amide bonds. The lowest BCUT2D eigenvalue weighted by Crippen LogP contribution is -2.27. The Kier molecular flexibility index (Phi) is 5.35. The van der Waals surface area contributed by atoms with E-state index in [1.165, 1.54) is 0 Å². The van der Waals surface area contributed by atoms with Crippen molar-refractivity contribution in [2.24, 2.45) is 7.05 Å². The molecule has 0 saturated heterocycles. The van der Waals surface area contributed by atoms with E-state index >= 15 is 0 Å². The lowest BCUT2D eigenvalue weighted by Gasteiger charge is -2.07. The minimum Gasteiger partial charge on any atom is -0.357 e. The fourth-order valence-electron chi connectivity index (χ4n) is 2.38. The third-order valence-electron chi connectivity index (χ3n) is 3.78. The molecule has 0 fully saturated rings. The molecule has 2 heterocycles. The average Bonchev–Trinajstić information content (AvgIpc) is 3.14. The van der Waals surface area contributed by atoms with Gasteiger partial charge in [-0.2, -0.15) is 10.2 Å². The van der Waals surface area contributed by atoms with Gasteiger partial charge in [-0.3, -0.25) is 9.36 Å². The van der Waals surface area contributed by atoms with E-state index in [1.807, 2.05) is 59.9 Å². The van der Waals surface area contributed by atoms with Gasteiger partial charge in [0, 0.05) is 24.0 Å². The number of aryl methyl sites for hydroxylation is 2. The van der Waals surface area contributed by atoms with E-state index in [0.29, 0.717) is 18.2 Å². The van der Waals surface area contributed by atoms with Gasteiger partial charge in [0.2, 0.25) is 0 Å². The number of benzene rings is 1. The van der Waals surface area contributed by atoms with Gasteiger partial charge in [-0.05, 0) is 36.8 Å². The second-order valence-corrected chi connectivity index (χ2v) is 6.54. The lowest BCUT2D eigenvalue weighted by molar-refractivity contribution is 0.687. The van der Waals surface area contributed by atoms with Gasteiger partial charge in [0.05, 0.1) is 30.7 Å². The van der Waals surface area contributed by atoms with Gasteiger partial charge in [0.1, 0.15) is 0 Å². The van der Waals surface area contributed by atoms with Crippen LogP contribution in [0.25, 0.3) is 0 Å². The summed E-state index contributed by atoms with van der Waals surface area (Å²) in [5.74, 6) is 0. The Morgan fingerprint density at radius 1 is 1.32 bits per heavy atom. The Balaban J connectivity index is 1.54. The van der Waals surface area contributed by atoms with Gasteiger partial charge < -0.3 is 10.6 Å². The maximum absolute atomic E-state index is 6.18. The molecule has 130 valence electrons. The Hall–Kier alpha value is -2.38. The zero-order valence-electron chi connectivity index (χ0n) is 14.0. The summed E-state index contributed by atoms with van der Waals surface area (Å²) in [6.45, 7) is 3.19. The quantitative estimate of drug-likeness (QED) is 0.672. The van der Waals surface area contributed by atoms with Crippen molar-refractivity contribution in [1.29, 1.82) is 0 Å². The van der Waals surface area contributed by atoms with Crippen molar-refractivity contribution in [2.45, 2.75) is 20.0 Å². The highest BCUT2D eigenvalue weighted by Crippen LogP contribution is 2.16. The zero-order chi connectivity index (χ0) is 17.8. The number of nitrogens with one attached hydrogen (secondary N) is 2. The van der Waals surface area contributed by atoms with Gasteiger partial charge >= 0.3 is 0 Å². The van der Waals surface area contributed by atoms with Crippen LogP contribution in [-0.4, -0.2) is 24.7 Å². The van der Waals surface area contributed by atoms with Crippen LogP contribution in [0.2, 0.25) is 5.02 Å². The minimum atomic E-state index is 0.528. The molecule has 0 spiro atoms. The Morgan fingerprint density at radius 3 is 2.84 bits per heavy atom. The number of halogens is 1. The standard InChI is InChI=1S/C17H19ClN6S/c1-12-7-14(22-23(12)2)8-19-17(25)21-15-9-20-24(11-15)10-13-5-3-4-6-16(13)18/h3-7,9,11H,8,10H2,1-2H3,(H2,19,21,25). The number of hydrogen-bond acceptors (Lipinski definition) is 3. The first-order chi connectivity index (χ1) is 12.0. The molecule has 2 N–H and O–H groups in total. The van der Waals surface area contributed by atoms with Crippen LogP contribution in [0.15, 0.2) is 42.7 Å². The van der Waals surface area contributed by atoms with Crippen LogP contribution in [0.1, 0.15) is 17.0 Å². The van der Waals surface area contributed by atoms with Crippen molar-refractivity contribution in [3.63, 3.8) is 0 Å². The summed E-state index contributed by atoms with van der Waals surface area (Å²) in [5.41, 5.74) is 3.89. The van der Waals surface area contributed by atoms with Crippen molar-refractivity contribution >= 4 is 34.6 Å². The van der Waals surface area contributed by atoms with Gasteiger partial charge in [-0.25, -0.2) is 0 Å². The third-order valence-corrected chi connectivity index (χ3v) is 4.39. The largest absolute Gasteiger partial charge is 0.357 e. The number of aromatic nitrogens is 4. The summed E-state index contributed by atoms with van der Waals surface area (Å²) < 4.78 is 3.65. The molecule has 0 atom stereocenters. The second kappa shape index (κ2) is 7.67. The first kappa shape index (κ1) is 17.4. The fourth-order valence-corrected chi connectivity index (χ4v) is 2.77. The predicted molar refractivity (Wildman–Crippen MR) is 104 cm³/mol. The second-order valence-electron chi connectivity index (χ2n) is 5.73. The number of thiocarbonyl (C=S) groups is 1. The van der Waals surface area contributed by atoms with E-state index in [2.05, 4.69) is 20.8 Å². The number of nitrogens with zero attached hydrogens (tertiary/aromatic N) is 4. The summed E-state index contributed by atoms with van der Waals surface area (Å²) >= 11 is 11.5. The van der Waals surface area contributed by atoms with E-state index in [-0.39, 0.29) is 0 Å². The first-order valence-corrected chi connectivity index (χ1v) is 8.60. The summed E-state index contributed by atoms with van der Waals surface area (Å²) in [5, 5.41) is 16.2. The van der Waals surface area contributed by atoms with Crippen molar-refractivity contribution in [3.8, 4) is 0 Å². The molecule has 3 rings (SSSR count). The molecule has 0 unspecified atom stereocenters. The topological polar surface area (TPSA) is 59.7 Å². The van der Waals surface area contributed by atoms with Crippen LogP contribution in [0.5, 0.6) is 0 Å². The van der Waals surface area contributed by atoms with Crippen LogP contribution in [-0.2, 0) is 20.1 Å². The van der Waals surface area contributed by atoms with Crippen molar-refractivity contribution in [2.75, 3.05) is 5.32 Å². The molecule has 0 bridgehead atoms. The maximum Gasteiger partial charge on any atom is 0.171 e. The molecule has 0 aliphatic carbocycles. The highest BCUT2D eigenvalue weighted by molar-refractivity contribution is 7.80. The van der Waals surface area contributed by atoms with Crippen molar-refractivity contribution in [3.05, 3.63) is 64.7 Å². The normalized spacial score (nSPS) is 10.7. The molecule has 3 aromatic rings. The van der Waals surface area contributed by atoms with E-state index in [4.69, 9.17) is 23.8 Å². The smallest absolute Gasteiger partial charge is 0.171 e. The molecule has 8 heteroatoms. The number of anilines is 1. The highest BCUT2D eigenvalue weighted by Gasteiger charge is 2.05. The molecule has 0 aliphatic rings. The van der Waals surface area contributed by atoms with Gasteiger partial charge in [-0.1, -0.05) is 29.8 Å². The molecule has 0 saturated carbocycles. The predicted octanol–water partition coefficient (Wildman–Crippen LogP) is 3.11. The summed E-state index contributed by atoms with van der Waals surface area (Å²) in [6.07, 6.45) is 3.62. The maximum atomic E-state index is 6.18. The Morgan fingerprint density at radius 2 is 2.12 bits per heavy atom. The van der Waals surface area contributed by atoms with E-state index in [0.717, 1.165) is 27.7 Å². The van der Waals surface area contributed by atoms with Gasteiger partial charge in [0.15, 0.2) is 5.11 Å². The SMILES string of the molecule is Cc1cc(CNC(=S)Nc2cnn(Cc3ccccc3Cl)c2)nn1C. The highest BCUT2D eigenvalue weighted by atomic mass is 35.5. The Bertz CT molecular complexity index is 865. The van der Waals surface area contributed by atoms with Crippen molar-refractivity contribution in [1.82, 2.24) is 24.9 Å². The monoisotopic (exact) mass is 374 g/mol. The molecule has 1 aromatic carbocycles. The Labute approximate surface area is 156 Å². The minimum absolute atomic E-state index is 0.528. The fraction of sp³-hybridized carbons (Fsp3) is 0.235. The molecular weight excluding hydrogens is 356 g/mol. The lowest BCUT2D eigenvalue weighted by atomic mass is 10.2. The van der Waals surface area contributed by atoms with Crippen LogP contribution in [0.4, 0.5) is 5.69 Å².